The van der Waals surface area contributed by atoms with Gasteiger partial charge >= 0.3 is 0 Å². The quantitative estimate of drug-likeness (QED) is 0.640. The molecule has 2 N–H and O–H groups in total. The second kappa shape index (κ2) is 10.2. The van der Waals surface area contributed by atoms with Crippen LogP contribution < -0.4 is 5.73 Å². The van der Waals surface area contributed by atoms with Crippen molar-refractivity contribution >= 4 is 15.9 Å². The largest absolute Gasteiger partial charge is 0.378 e. The van der Waals surface area contributed by atoms with Crippen molar-refractivity contribution in [1.82, 2.24) is 9.21 Å². The number of ether oxygens (including phenoxy) is 1. The molecule has 0 unspecified atom stereocenters. The number of amides is 1. The van der Waals surface area contributed by atoms with Crippen LogP contribution in [-0.2, 0) is 14.8 Å². The van der Waals surface area contributed by atoms with Gasteiger partial charge in [0, 0.05) is 38.3 Å². The van der Waals surface area contributed by atoms with Crippen LogP contribution in [0.4, 0.5) is 0 Å². The molecule has 1 aromatic rings. The Morgan fingerprint density at radius 2 is 1.78 bits per heavy atom. The summed E-state index contributed by atoms with van der Waals surface area (Å²) in [6.07, 6.45) is 2.65. The van der Waals surface area contributed by atoms with Gasteiger partial charge in [-0.15, -0.1) is 0 Å². The van der Waals surface area contributed by atoms with Gasteiger partial charge in [-0.25, -0.2) is 8.42 Å². The zero-order valence-electron chi connectivity index (χ0n) is 16.3. The molecule has 1 saturated heterocycles. The highest BCUT2D eigenvalue weighted by Gasteiger charge is 2.25. The molecule has 0 spiro atoms. The van der Waals surface area contributed by atoms with Gasteiger partial charge in [-0.1, -0.05) is 13.8 Å². The van der Waals surface area contributed by atoms with Crippen LogP contribution in [0, 0.1) is 0 Å². The summed E-state index contributed by atoms with van der Waals surface area (Å²) in [5, 5.41) is 0. The summed E-state index contributed by atoms with van der Waals surface area (Å²) in [6, 6.07) is 6.23. The predicted molar refractivity (Wildman–Crippen MR) is 105 cm³/mol. The van der Waals surface area contributed by atoms with Crippen molar-refractivity contribution in [2.75, 3.05) is 39.3 Å². The van der Waals surface area contributed by atoms with Crippen molar-refractivity contribution in [3.8, 4) is 0 Å². The normalized spacial score (nSPS) is 16.1. The van der Waals surface area contributed by atoms with E-state index < -0.39 is 10.0 Å². The number of sulfonamides is 1. The molecule has 1 fully saturated rings. The second-order valence-electron chi connectivity index (χ2n) is 6.62. The maximum Gasteiger partial charge on any atom is 0.253 e. The lowest BCUT2D eigenvalue weighted by atomic mass is 10.1. The van der Waals surface area contributed by atoms with Gasteiger partial charge in [-0.05, 0) is 50.1 Å². The van der Waals surface area contributed by atoms with Gasteiger partial charge in [0.2, 0.25) is 10.0 Å². The number of hydrogen-bond acceptors (Lipinski definition) is 5. The molecule has 7 nitrogen and oxygen atoms in total. The van der Waals surface area contributed by atoms with E-state index in [1.54, 1.807) is 17.0 Å². The van der Waals surface area contributed by atoms with Crippen LogP contribution in [0.3, 0.4) is 0 Å². The Kier molecular flexibility index (Phi) is 8.22. The van der Waals surface area contributed by atoms with Crippen molar-refractivity contribution in [3.63, 3.8) is 0 Å². The van der Waals surface area contributed by atoms with E-state index in [-0.39, 0.29) is 16.9 Å². The minimum Gasteiger partial charge on any atom is -0.378 e. The van der Waals surface area contributed by atoms with E-state index >= 15 is 0 Å². The van der Waals surface area contributed by atoms with E-state index in [0.29, 0.717) is 44.9 Å². The van der Waals surface area contributed by atoms with E-state index in [1.807, 2.05) is 13.8 Å². The number of carbonyl (C=O) groups is 1. The molecule has 1 aliphatic rings. The lowest BCUT2D eigenvalue weighted by molar-refractivity contribution is 0.00844. The Morgan fingerprint density at radius 1 is 1.19 bits per heavy atom. The lowest BCUT2D eigenvalue weighted by Crippen LogP contribution is -2.41. The fourth-order valence-electron chi connectivity index (χ4n) is 3.22. The fraction of sp³-hybridized carbons (Fsp3) is 0.632. The third kappa shape index (κ3) is 5.51. The second-order valence-corrected chi connectivity index (χ2v) is 8.56. The first-order valence-corrected chi connectivity index (χ1v) is 11.1. The summed E-state index contributed by atoms with van der Waals surface area (Å²) < 4.78 is 32.2. The van der Waals surface area contributed by atoms with Crippen LogP contribution in [0.5, 0.6) is 0 Å². The van der Waals surface area contributed by atoms with Gasteiger partial charge < -0.3 is 15.4 Å². The molecule has 0 radical (unpaired) electrons. The molecular formula is C19H31N3O4S. The smallest absolute Gasteiger partial charge is 0.253 e. The van der Waals surface area contributed by atoms with E-state index in [0.717, 1.165) is 19.3 Å². The van der Waals surface area contributed by atoms with Crippen LogP contribution in [0.2, 0.25) is 0 Å². The Bertz CT molecular complexity index is 694. The van der Waals surface area contributed by atoms with E-state index in [2.05, 4.69) is 0 Å². The maximum absolute atomic E-state index is 12.7. The molecular weight excluding hydrogens is 366 g/mol. The molecule has 0 aliphatic carbocycles. The molecule has 1 aromatic carbocycles. The van der Waals surface area contributed by atoms with Gasteiger partial charge in [-0.2, -0.15) is 4.31 Å². The first-order valence-electron chi connectivity index (χ1n) is 9.65. The van der Waals surface area contributed by atoms with Gasteiger partial charge in [0.25, 0.3) is 5.91 Å². The highest BCUT2D eigenvalue weighted by atomic mass is 32.2. The van der Waals surface area contributed by atoms with Crippen molar-refractivity contribution in [3.05, 3.63) is 29.8 Å². The van der Waals surface area contributed by atoms with Gasteiger partial charge in [0.05, 0.1) is 11.0 Å². The van der Waals surface area contributed by atoms with Gasteiger partial charge in [0.1, 0.15) is 0 Å². The molecule has 0 bridgehead atoms. The minimum absolute atomic E-state index is 0.0674. The Balaban J connectivity index is 1.96. The summed E-state index contributed by atoms with van der Waals surface area (Å²) in [4.78, 5) is 14.7. The first kappa shape index (κ1) is 21.8. The molecule has 27 heavy (non-hydrogen) atoms. The van der Waals surface area contributed by atoms with E-state index in [4.69, 9.17) is 10.5 Å². The molecule has 8 heteroatoms. The summed E-state index contributed by atoms with van der Waals surface area (Å²) in [5.74, 6) is -0.0674. The number of benzene rings is 1. The molecule has 1 heterocycles. The topological polar surface area (TPSA) is 92.9 Å². The molecule has 1 amide bonds. The first-order chi connectivity index (χ1) is 12.9. The molecule has 1 aliphatic heterocycles. The van der Waals surface area contributed by atoms with Crippen LogP contribution in [0.25, 0.3) is 0 Å². The van der Waals surface area contributed by atoms with E-state index in [1.165, 1.54) is 16.4 Å². The number of piperidine rings is 1. The highest BCUT2D eigenvalue weighted by Crippen LogP contribution is 2.19. The number of nitrogens with zero attached hydrogens (tertiary/aromatic N) is 2. The summed E-state index contributed by atoms with van der Waals surface area (Å²) in [5.41, 5.74) is 5.98. The van der Waals surface area contributed by atoms with Crippen LogP contribution in [0.15, 0.2) is 29.2 Å². The number of likely N-dealkylation sites (tertiary alicyclic amines) is 1. The molecule has 152 valence electrons. The Morgan fingerprint density at radius 3 is 2.30 bits per heavy atom. The van der Waals surface area contributed by atoms with Crippen molar-refractivity contribution < 1.29 is 17.9 Å². The van der Waals surface area contributed by atoms with Crippen LogP contribution >= 0.6 is 0 Å². The summed E-state index contributed by atoms with van der Waals surface area (Å²) >= 11 is 0. The van der Waals surface area contributed by atoms with Crippen LogP contribution in [0.1, 0.15) is 43.5 Å². The zero-order chi connectivity index (χ0) is 19.9. The van der Waals surface area contributed by atoms with Crippen molar-refractivity contribution in [2.24, 2.45) is 5.73 Å². The predicted octanol–water partition coefficient (Wildman–Crippen LogP) is 1.69. The summed E-state index contributed by atoms with van der Waals surface area (Å²) in [6.45, 7) is 7.03. The monoisotopic (exact) mass is 397 g/mol. The van der Waals surface area contributed by atoms with Gasteiger partial charge in [0.15, 0.2) is 0 Å². The maximum atomic E-state index is 12.7. The number of nitrogens with two attached hydrogens (primary N) is 1. The lowest BCUT2D eigenvalue weighted by Gasteiger charge is -2.32. The molecule has 0 aromatic heterocycles. The van der Waals surface area contributed by atoms with Crippen molar-refractivity contribution in [2.45, 2.75) is 44.1 Å². The molecule has 0 atom stereocenters. The number of hydrogen-bond donors (Lipinski definition) is 1. The summed E-state index contributed by atoms with van der Waals surface area (Å²) in [7, 11) is -3.50. The average Bonchev–Trinajstić information content (AvgIpc) is 2.69. The Hall–Kier alpha value is -1.48. The highest BCUT2D eigenvalue weighted by molar-refractivity contribution is 7.89. The van der Waals surface area contributed by atoms with Crippen LogP contribution in [-0.4, -0.2) is 69.0 Å². The minimum atomic E-state index is -3.50. The fourth-order valence-corrected chi connectivity index (χ4v) is 4.68. The number of rotatable bonds is 9. The zero-order valence-corrected chi connectivity index (χ0v) is 17.1. The van der Waals surface area contributed by atoms with E-state index in [9.17, 15) is 13.2 Å². The average molecular weight is 398 g/mol. The number of carbonyl (C=O) groups excluding carboxylic acids is 1. The standard InChI is InChI=1S/C19H31N3O4S/c1-3-22(4-2)27(24,25)18-8-6-16(7-9-18)19(23)21-13-10-17(11-14-21)26-15-5-12-20/h6-9,17H,3-5,10-15,20H2,1-2H3. The Labute approximate surface area is 162 Å². The van der Waals surface area contributed by atoms with Crippen molar-refractivity contribution in [1.29, 1.82) is 0 Å². The molecule has 0 saturated carbocycles. The van der Waals surface area contributed by atoms with Gasteiger partial charge in [-0.3, -0.25) is 4.79 Å². The molecule has 2 rings (SSSR count). The third-order valence-corrected chi connectivity index (χ3v) is 6.94. The third-order valence-electron chi connectivity index (χ3n) is 4.88. The SMILES string of the molecule is CCN(CC)S(=O)(=O)c1ccc(C(=O)N2CCC(OCCCN)CC2)cc1.